The van der Waals surface area contributed by atoms with Gasteiger partial charge in [-0.2, -0.15) is 0 Å². The lowest BCUT2D eigenvalue weighted by Crippen LogP contribution is -2.17. The average Bonchev–Trinajstić information content (AvgIpc) is 3.04. The molecule has 3 aromatic rings. The van der Waals surface area contributed by atoms with E-state index in [1.165, 1.54) is 36.2 Å². The van der Waals surface area contributed by atoms with E-state index in [-0.39, 0.29) is 0 Å². The van der Waals surface area contributed by atoms with Crippen LogP contribution < -0.4 is 0 Å². The summed E-state index contributed by atoms with van der Waals surface area (Å²) in [7, 11) is 4.12. The molecular weight excluding hydrogens is 370 g/mol. The van der Waals surface area contributed by atoms with Crippen LogP contribution in [-0.2, 0) is 4.74 Å². The van der Waals surface area contributed by atoms with Crippen LogP contribution in [0.2, 0.25) is 0 Å². The van der Waals surface area contributed by atoms with Crippen molar-refractivity contribution >= 4 is 29.2 Å². The van der Waals surface area contributed by atoms with Crippen LogP contribution in [0.5, 0.6) is 0 Å². The summed E-state index contributed by atoms with van der Waals surface area (Å²) < 4.78 is 5.67. The molecule has 0 amide bonds. The Bertz CT molecular complexity index is 896. The van der Waals surface area contributed by atoms with E-state index in [1.54, 1.807) is 0 Å². The number of ether oxygens (including phenoxy) is 1. The van der Waals surface area contributed by atoms with Gasteiger partial charge in [0, 0.05) is 37.2 Å². The van der Waals surface area contributed by atoms with Gasteiger partial charge in [0.05, 0.1) is 13.2 Å². The fourth-order valence-electron chi connectivity index (χ4n) is 3.09. The second-order valence-electron chi connectivity index (χ2n) is 6.77. The zero-order chi connectivity index (χ0) is 18.6. The van der Waals surface area contributed by atoms with Crippen molar-refractivity contribution in [2.45, 2.75) is 9.79 Å². The zero-order valence-corrected chi connectivity index (χ0v) is 17.3. The highest BCUT2D eigenvalue weighted by Crippen LogP contribution is 2.50. The molecular formula is C23H23NOS2. The Kier molecular flexibility index (Phi) is 5.79. The lowest BCUT2D eigenvalue weighted by Gasteiger charge is -2.08. The number of benzene rings is 2. The van der Waals surface area contributed by atoms with E-state index in [0.29, 0.717) is 6.61 Å². The number of thiophene rings is 1. The second kappa shape index (κ2) is 8.44. The normalized spacial score (nSPS) is 12.7. The lowest BCUT2D eigenvalue weighted by atomic mass is 10.0. The quantitative estimate of drug-likeness (QED) is 0.365. The Morgan fingerprint density at radius 1 is 0.926 bits per heavy atom. The van der Waals surface area contributed by atoms with Gasteiger partial charge in [0.2, 0.25) is 0 Å². The third-order valence-corrected chi connectivity index (χ3v) is 6.74. The van der Waals surface area contributed by atoms with Gasteiger partial charge in [-0.25, -0.2) is 0 Å². The standard InChI is InChI=1S/C23H23NOS2/c1-24(2)13-15-25-14-7-8-17-16-20-18-9-3-5-11-21(18)27-22-12-6-4-10-19(22)23(20)26-17/h3-12,16H,13-15H2,1-2H3. The van der Waals surface area contributed by atoms with Crippen LogP contribution in [0.1, 0.15) is 4.88 Å². The Labute approximate surface area is 169 Å². The fraction of sp³-hybridized carbons (Fsp3) is 0.217. The monoisotopic (exact) mass is 393 g/mol. The van der Waals surface area contributed by atoms with Crippen LogP contribution in [0, 0.1) is 0 Å². The van der Waals surface area contributed by atoms with Crippen molar-refractivity contribution in [2.24, 2.45) is 0 Å². The molecule has 4 heteroatoms. The number of hydrogen-bond donors (Lipinski definition) is 0. The molecule has 0 saturated carbocycles. The predicted octanol–water partition coefficient (Wildman–Crippen LogP) is 6.14. The van der Waals surface area contributed by atoms with E-state index in [4.69, 9.17) is 4.74 Å². The van der Waals surface area contributed by atoms with Crippen molar-refractivity contribution in [1.82, 2.24) is 4.90 Å². The Morgan fingerprint density at radius 2 is 1.63 bits per heavy atom. The van der Waals surface area contributed by atoms with Crippen molar-refractivity contribution in [2.75, 3.05) is 33.9 Å². The Morgan fingerprint density at radius 3 is 2.41 bits per heavy atom. The molecule has 2 aromatic carbocycles. The highest BCUT2D eigenvalue weighted by Gasteiger charge is 2.21. The van der Waals surface area contributed by atoms with Gasteiger partial charge in [-0.15, -0.1) is 11.3 Å². The van der Waals surface area contributed by atoms with Crippen molar-refractivity contribution in [1.29, 1.82) is 0 Å². The minimum Gasteiger partial charge on any atom is -0.376 e. The van der Waals surface area contributed by atoms with Crippen molar-refractivity contribution < 1.29 is 4.74 Å². The van der Waals surface area contributed by atoms with E-state index in [0.717, 1.165) is 13.2 Å². The summed E-state index contributed by atoms with van der Waals surface area (Å²) in [5, 5.41) is 0. The van der Waals surface area contributed by atoms with E-state index < -0.39 is 0 Å². The Balaban J connectivity index is 1.62. The molecule has 27 heavy (non-hydrogen) atoms. The third kappa shape index (κ3) is 4.19. The molecule has 138 valence electrons. The minimum atomic E-state index is 0.652. The van der Waals surface area contributed by atoms with Gasteiger partial charge >= 0.3 is 0 Å². The van der Waals surface area contributed by atoms with Crippen LogP contribution in [0.4, 0.5) is 0 Å². The van der Waals surface area contributed by atoms with E-state index in [9.17, 15) is 0 Å². The van der Waals surface area contributed by atoms with Crippen LogP contribution in [0.15, 0.2) is 70.5 Å². The molecule has 2 nitrogen and oxygen atoms in total. The number of hydrogen-bond acceptors (Lipinski definition) is 4. The predicted molar refractivity (Wildman–Crippen MR) is 118 cm³/mol. The molecule has 1 aliphatic heterocycles. The van der Waals surface area contributed by atoms with E-state index in [1.807, 2.05) is 23.1 Å². The van der Waals surface area contributed by atoms with Gasteiger partial charge in [0.1, 0.15) is 0 Å². The first-order valence-corrected chi connectivity index (χ1v) is 10.7. The SMILES string of the molecule is CN(C)CCOCC=Cc1cc2c(s1)-c1ccccc1Sc1ccccc1-2. The molecule has 0 fully saturated rings. The first-order valence-electron chi connectivity index (χ1n) is 9.12. The van der Waals surface area contributed by atoms with E-state index in [2.05, 4.69) is 85.7 Å². The van der Waals surface area contributed by atoms with E-state index >= 15 is 0 Å². The van der Waals surface area contributed by atoms with Gasteiger partial charge in [0.25, 0.3) is 0 Å². The number of rotatable bonds is 6. The summed E-state index contributed by atoms with van der Waals surface area (Å²) in [6, 6.07) is 19.7. The molecule has 1 aromatic heterocycles. The molecule has 0 bridgehead atoms. The fourth-order valence-corrected chi connectivity index (χ4v) is 5.40. The molecule has 1 aliphatic rings. The number of likely N-dealkylation sites (N-methyl/N-ethyl adjacent to an activating group) is 1. The Hall–Kier alpha value is -1.85. The van der Waals surface area contributed by atoms with Crippen molar-refractivity contribution in [3.05, 3.63) is 65.6 Å². The zero-order valence-electron chi connectivity index (χ0n) is 15.6. The first kappa shape index (κ1) is 18.5. The largest absolute Gasteiger partial charge is 0.376 e. The summed E-state index contributed by atoms with van der Waals surface area (Å²) in [6.45, 7) is 2.36. The summed E-state index contributed by atoms with van der Waals surface area (Å²) in [6.07, 6.45) is 4.31. The molecule has 0 aliphatic carbocycles. The summed E-state index contributed by atoms with van der Waals surface area (Å²) in [5.74, 6) is 0. The molecule has 0 radical (unpaired) electrons. The summed E-state index contributed by atoms with van der Waals surface area (Å²) in [5.41, 5.74) is 3.99. The maximum absolute atomic E-state index is 5.67. The van der Waals surface area contributed by atoms with Gasteiger partial charge in [-0.05, 0) is 43.9 Å². The smallest absolute Gasteiger partial charge is 0.0651 e. The molecule has 0 saturated heterocycles. The lowest BCUT2D eigenvalue weighted by molar-refractivity contribution is 0.142. The highest BCUT2D eigenvalue weighted by molar-refractivity contribution is 7.99. The van der Waals surface area contributed by atoms with Crippen molar-refractivity contribution in [3.8, 4) is 21.6 Å². The number of fused-ring (bicyclic) bond motifs is 5. The molecule has 0 spiro atoms. The van der Waals surface area contributed by atoms with Gasteiger partial charge in [-0.3, -0.25) is 0 Å². The van der Waals surface area contributed by atoms with Gasteiger partial charge in [0.15, 0.2) is 0 Å². The second-order valence-corrected chi connectivity index (χ2v) is 8.93. The summed E-state index contributed by atoms with van der Waals surface area (Å²) >= 11 is 3.72. The molecule has 0 N–H and O–H groups in total. The maximum atomic E-state index is 5.67. The highest BCUT2D eigenvalue weighted by atomic mass is 32.2. The van der Waals surface area contributed by atoms with Crippen LogP contribution in [-0.4, -0.2) is 38.8 Å². The van der Waals surface area contributed by atoms with Gasteiger partial charge in [-0.1, -0.05) is 54.2 Å². The van der Waals surface area contributed by atoms with Crippen LogP contribution in [0.25, 0.3) is 27.6 Å². The first-order chi connectivity index (χ1) is 13.2. The molecule has 2 heterocycles. The average molecular weight is 394 g/mol. The topological polar surface area (TPSA) is 12.5 Å². The maximum Gasteiger partial charge on any atom is 0.0651 e. The molecule has 0 unspecified atom stereocenters. The van der Waals surface area contributed by atoms with Crippen LogP contribution >= 0.6 is 23.1 Å². The minimum absolute atomic E-state index is 0.652. The molecule has 0 atom stereocenters. The van der Waals surface area contributed by atoms with Gasteiger partial charge < -0.3 is 9.64 Å². The third-order valence-electron chi connectivity index (χ3n) is 4.46. The van der Waals surface area contributed by atoms with Crippen LogP contribution in [0.3, 0.4) is 0 Å². The number of nitrogens with zero attached hydrogens (tertiary/aromatic N) is 1. The summed E-state index contributed by atoms with van der Waals surface area (Å²) in [4.78, 5) is 7.41. The van der Waals surface area contributed by atoms with Crippen molar-refractivity contribution in [3.63, 3.8) is 0 Å². The molecule has 4 rings (SSSR count).